The zero-order valence-corrected chi connectivity index (χ0v) is 7.99. The van der Waals surface area contributed by atoms with Gasteiger partial charge in [0.15, 0.2) is 0 Å². The van der Waals surface area contributed by atoms with Crippen LogP contribution in [0.5, 0.6) is 0 Å². The van der Waals surface area contributed by atoms with Crippen LogP contribution in [0.25, 0.3) is 0 Å². The average Bonchev–Trinajstić information content (AvgIpc) is 1.60. The molecule has 0 aromatic carbocycles. The van der Waals surface area contributed by atoms with Crippen molar-refractivity contribution in [2.75, 3.05) is 0 Å². The summed E-state index contributed by atoms with van der Waals surface area (Å²) in [6.45, 7) is 12.9. The fourth-order valence-corrected chi connectivity index (χ4v) is 1.09. The van der Waals surface area contributed by atoms with Gasteiger partial charge in [0, 0.05) is 0 Å². The Hall–Kier alpha value is 0.337. The molecule has 0 aromatic rings. The molecular formula is C9H17Li. The van der Waals surface area contributed by atoms with Crippen LogP contribution in [-0.2, 0) is 0 Å². The Balaban J connectivity index is 3.80. The fraction of sp³-hybridized carbons (Fsp3) is 0.778. The van der Waals surface area contributed by atoms with E-state index in [1.54, 1.807) is 0 Å². The summed E-state index contributed by atoms with van der Waals surface area (Å²) in [5, 5.41) is 0. The summed E-state index contributed by atoms with van der Waals surface area (Å²) in [4.78, 5) is 0. The van der Waals surface area contributed by atoms with Crippen LogP contribution in [0, 0.1) is 5.41 Å². The van der Waals surface area contributed by atoms with Crippen LogP contribution in [0.3, 0.4) is 0 Å². The molecule has 0 aliphatic carbocycles. The first-order chi connectivity index (χ1) is 4.33. The number of rotatable bonds is 2. The molecule has 1 unspecified atom stereocenters. The maximum absolute atomic E-state index is 3.94. The quantitative estimate of drug-likeness (QED) is 0.400. The summed E-state index contributed by atoms with van der Waals surface area (Å²) in [5.41, 5.74) is 1.74. The van der Waals surface area contributed by atoms with E-state index in [4.69, 9.17) is 0 Å². The second kappa shape index (κ2) is 3.65. The summed E-state index contributed by atoms with van der Waals surface area (Å²) in [6, 6.07) is 0. The van der Waals surface area contributed by atoms with Crippen molar-refractivity contribution in [2.24, 2.45) is 5.41 Å². The van der Waals surface area contributed by atoms with E-state index in [1.807, 2.05) is 0 Å². The number of hydrogen-bond donors (Lipinski definition) is 0. The van der Waals surface area contributed by atoms with E-state index < -0.39 is 0 Å². The average molecular weight is 132 g/mol. The molecule has 0 aliphatic rings. The molecule has 0 rings (SSSR count). The van der Waals surface area contributed by atoms with Crippen molar-refractivity contribution >= 4 is 17.7 Å². The summed E-state index contributed by atoms with van der Waals surface area (Å²) >= 11 is 2.24. The van der Waals surface area contributed by atoms with Gasteiger partial charge in [-0.3, -0.25) is 0 Å². The molecule has 0 bridgehead atoms. The van der Waals surface area contributed by atoms with Gasteiger partial charge >= 0.3 is 74.0 Å². The SMILES string of the molecule is [Li][CH](CC(C)(C)C)C(=C)C. The molecule has 0 saturated heterocycles. The van der Waals surface area contributed by atoms with Crippen molar-refractivity contribution in [3.63, 3.8) is 0 Å². The Bertz CT molecular complexity index is 119. The summed E-state index contributed by atoms with van der Waals surface area (Å²) < 4.78 is 0.667. The summed E-state index contributed by atoms with van der Waals surface area (Å²) in [7, 11) is 0. The van der Waals surface area contributed by atoms with Crippen molar-refractivity contribution in [2.45, 2.75) is 38.7 Å². The van der Waals surface area contributed by atoms with Gasteiger partial charge in [-0.25, -0.2) is 0 Å². The van der Waals surface area contributed by atoms with Crippen LogP contribution >= 0.6 is 0 Å². The molecule has 0 aromatic heterocycles. The summed E-state index contributed by atoms with van der Waals surface area (Å²) in [6.07, 6.45) is 1.24. The molecule has 0 fully saturated rings. The first-order valence-corrected chi connectivity index (χ1v) is 3.98. The van der Waals surface area contributed by atoms with Gasteiger partial charge < -0.3 is 0 Å². The Morgan fingerprint density at radius 2 is 1.90 bits per heavy atom. The van der Waals surface area contributed by atoms with E-state index in [1.165, 1.54) is 12.0 Å². The van der Waals surface area contributed by atoms with Crippen molar-refractivity contribution in [3.8, 4) is 0 Å². The maximum atomic E-state index is 3.94. The molecule has 0 nitrogen and oxygen atoms in total. The van der Waals surface area contributed by atoms with Gasteiger partial charge in [0.05, 0.1) is 0 Å². The van der Waals surface area contributed by atoms with E-state index in [-0.39, 0.29) is 0 Å². The molecule has 1 heteroatoms. The van der Waals surface area contributed by atoms with E-state index in [0.717, 1.165) is 0 Å². The van der Waals surface area contributed by atoms with E-state index in [9.17, 15) is 0 Å². The van der Waals surface area contributed by atoms with E-state index >= 15 is 0 Å². The standard InChI is InChI=1S/C9H17.Li/c1-8(2)6-7-9(3,4)5;/h6H,1,7H2,2-5H3;. The van der Waals surface area contributed by atoms with Gasteiger partial charge in [0.2, 0.25) is 0 Å². The van der Waals surface area contributed by atoms with Crippen molar-refractivity contribution in [1.29, 1.82) is 0 Å². The van der Waals surface area contributed by atoms with Crippen LogP contribution < -0.4 is 0 Å². The van der Waals surface area contributed by atoms with Gasteiger partial charge in [-0.15, -0.1) is 0 Å². The van der Waals surface area contributed by atoms with Crippen LogP contribution in [-0.4, -0.2) is 17.7 Å². The molecule has 0 spiro atoms. The first kappa shape index (κ1) is 10.3. The third-order valence-corrected chi connectivity index (χ3v) is 1.76. The molecule has 0 N–H and O–H groups in total. The van der Waals surface area contributed by atoms with Gasteiger partial charge in [-0.05, 0) is 0 Å². The fourth-order valence-electron chi connectivity index (χ4n) is 1.09. The Kier molecular flexibility index (Phi) is 3.77. The molecule has 54 valence electrons. The minimum atomic E-state index is 0.443. The molecule has 0 aliphatic heterocycles. The summed E-state index contributed by atoms with van der Waals surface area (Å²) in [5.74, 6) is 0. The Morgan fingerprint density at radius 1 is 1.50 bits per heavy atom. The predicted molar refractivity (Wildman–Crippen MR) is 48.4 cm³/mol. The molecule has 0 amide bonds. The van der Waals surface area contributed by atoms with Crippen LogP contribution in [0.15, 0.2) is 12.2 Å². The molecule has 0 heterocycles. The van der Waals surface area contributed by atoms with Crippen molar-refractivity contribution in [1.82, 2.24) is 0 Å². The Labute approximate surface area is 74.3 Å². The minimum absolute atomic E-state index is 0.443. The van der Waals surface area contributed by atoms with Gasteiger partial charge in [0.1, 0.15) is 0 Å². The topological polar surface area (TPSA) is 0 Å². The zero-order valence-electron chi connectivity index (χ0n) is 7.99. The van der Waals surface area contributed by atoms with E-state index in [2.05, 4.69) is 52.0 Å². The van der Waals surface area contributed by atoms with Crippen LogP contribution in [0.4, 0.5) is 0 Å². The van der Waals surface area contributed by atoms with E-state index in [0.29, 0.717) is 10.0 Å². The normalized spacial score (nSPS) is 15.0. The van der Waals surface area contributed by atoms with Crippen molar-refractivity contribution in [3.05, 3.63) is 12.2 Å². The van der Waals surface area contributed by atoms with Gasteiger partial charge in [-0.2, -0.15) is 0 Å². The first-order valence-electron chi connectivity index (χ1n) is 3.98. The number of allylic oxidation sites excluding steroid dienone is 1. The van der Waals surface area contributed by atoms with Crippen molar-refractivity contribution < 1.29 is 0 Å². The van der Waals surface area contributed by atoms with Crippen LogP contribution in [0.1, 0.15) is 34.1 Å². The molecule has 1 atom stereocenters. The predicted octanol–water partition coefficient (Wildman–Crippen LogP) is 2.96. The third kappa shape index (κ3) is 5.15. The van der Waals surface area contributed by atoms with Crippen LogP contribution in [0.2, 0.25) is 4.59 Å². The molecule has 10 heavy (non-hydrogen) atoms. The Morgan fingerprint density at radius 3 is 2.00 bits per heavy atom. The third-order valence-electron chi connectivity index (χ3n) is 1.76. The second-order valence-corrected chi connectivity index (χ2v) is 4.51. The van der Waals surface area contributed by atoms with Gasteiger partial charge in [-0.1, -0.05) is 0 Å². The molecule has 0 saturated carbocycles. The molecular weight excluding hydrogens is 115 g/mol. The second-order valence-electron chi connectivity index (χ2n) is 4.51. The zero-order chi connectivity index (χ0) is 8.36. The van der Waals surface area contributed by atoms with Gasteiger partial charge in [0.25, 0.3) is 0 Å². The number of hydrogen-bond acceptors (Lipinski definition) is 0. The molecule has 0 radical (unpaired) electrons. The monoisotopic (exact) mass is 132 g/mol.